The summed E-state index contributed by atoms with van der Waals surface area (Å²) < 4.78 is 9.43. The molecule has 12 nitrogen and oxygen atoms in total. The summed E-state index contributed by atoms with van der Waals surface area (Å²) in [5, 5.41) is 15.3. The van der Waals surface area contributed by atoms with Gasteiger partial charge < -0.3 is 24.3 Å². The van der Waals surface area contributed by atoms with Crippen LogP contribution in [0.25, 0.3) is 28.0 Å². The molecule has 0 aliphatic carbocycles. The van der Waals surface area contributed by atoms with Gasteiger partial charge in [0.05, 0.1) is 34.9 Å². The number of aliphatic hydroxyl groups is 1. The number of nitrogens with one attached hydrogen (secondary N) is 1. The number of amides is 1. The highest BCUT2D eigenvalue weighted by atomic mass is 16.5. The lowest BCUT2D eigenvalue weighted by Crippen LogP contribution is -2.43. The molecule has 0 bridgehead atoms. The normalized spacial score (nSPS) is 14.6. The number of aromatic amines is 1. The van der Waals surface area contributed by atoms with E-state index in [2.05, 4.69) is 49.0 Å². The number of ether oxygens (including phenoxy) is 1. The van der Waals surface area contributed by atoms with Gasteiger partial charge in [-0.25, -0.2) is 9.67 Å². The molecule has 1 saturated heterocycles. The molecule has 0 saturated carbocycles. The molecule has 7 rings (SSSR count). The van der Waals surface area contributed by atoms with Gasteiger partial charge >= 0.3 is 0 Å². The number of nitrogens with zero attached hydrogens (tertiary/aromatic N) is 7. The van der Waals surface area contributed by atoms with Crippen molar-refractivity contribution in [2.45, 2.75) is 39.1 Å². The first-order valence-corrected chi connectivity index (χ1v) is 17.3. The van der Waals surface area contributed by atoms with E-state index in [1.807, 2.05) is 53.1 Å². The molecule has 0 radical (unpaired) electrons. The smallest absolute Gasteiger partial charge is 0.280 e. The molecule has 0 unspecified atom stereocenters. The first-order valence-electron chi connectivity index (χ1n) is 17.3. The van der Waals surface area contributed by atoms with E-state index in [-0.39, 0.29) is 6.54 Å². The van der Waals surface area contributed by atoms with Gasteiger partial charge in [0, 0.05) is 56.2 Å². The van der Waals surface area contributed by atoms with Gasteiger partial charge in [0.25, 0.3) is 5.91 Å². The van der Waals surface area contributed by atoms with Gasteiger partial charge in [-0.1, -0.05) is 48.5 Å². The second-order valence-corrected chi connectivity index (χ2v) is 13.9. The number of hydrogen-bond acceptors (Lipinski definition) is 8. The number of aldehydes is 1. The fourth-order valence-corrected chi connectivity index (χ4v) is 6.41. The highest BCUT2D eigenvalue weighted by molar-refractivity contribution is 5.95. The summed E-state index contributed by atoms with van der Waals surface area (Å²) in [6.07, 6.45) is 5.72. The average Bonchev–Trinajstić information content (AvgIpc) is 3.76. The van der Waals surface area contributed by atoms with Crippen molar-refractivity contribution in [2.75, 3.05) is 33.2 Å². The number of carbonyl (C=O) groups excluding carboxylic acids is 2. The standard InChI is InChI=1S/C40H42N8O4/c1-40(2,51)27-47-35-20-29(23-46-18-16-45(3)17-19-46)12-13-34(35)43-39(47)44-38(50)30-14-15-41-37(21-30)48-24-31(22-42-48)32-10-7-11-36(33(32)25-49)52-26-28-8-5-4-6-9-28/h4-15,20-22,24-25,51H,16-19,23,26-27H2,1-3H3,(H,43,44,50). The van der Waals surface area contributed by atoms with Crippen LogP contribution in [-0.4, -0.2) is 90.2 Å². The molecule has 0 spiro atoms. The van der Waals surface area contributed by atoms with Gasteiger partial charge in [-0.2, -0.15) is 10.1 Å². The first-order chi connectivity index (χ1) is 25.1. The number of aromatic nitrogens is 5. The maximum absolute atomic E-state index is 13.7. The number of likely N-dealkylation sites (N-methyl/N-ethyl adjacent to an activating group) is 1. The Balaban J connectivity index is 1.15. The number of piperazine rings is 1. The van der Waals surface area contributed by atoms with Crippen molar-refractivity contribution in [2.24, 2.45) is 4.99 Å². The molecule has 1 amide bonds. The second kappa shape index (κ2) is 14.9. The van der Waals surface area contributed by atoms with E-state index in [1.165, 1.54) is 6.20 Å². The lowest BCUT2D eigenvalue weighted by atomic mass is 10.0. The molecule has 12 heteroatoms. The van der Waals surface area contributed by atoms with E-state index < -0.39 is 11.5 Å². The minimum Gasteiger partial charge on any atom is -0.488 e. The van der Waals surface area contributed by atoms with Crippen LogP contribution in [0.15, 0.2) is 102 Å². The topological polar surface area (TPSA) is 134 Å². The van der Waals surface area contributed by atoms with Crippen molar-refractivity contribution in [3.63, 3.8) is 0 Å². The van der Waals surface area contributed by atoms with E-state index in [1.54, 1.807) is 49.1 Å². The molecule has 266 valence electrons. The van der Waals surface area contributed by atoms with Crippen molar-refractivity contribution >= 4 is 23.2 Å². The van der Waals surface area contributed by atoms with Crippen LogP contribution >= 0.6 is 0 Å². The molecule has 4 heterocycles. The molecule has 52 heavy (non-hydrogen) atoms. The van der Waals surface area contributed by atoms with Crippen molar-refractivity contribution in [1.82, 2.24) is 34.1 Å². The Bertz CT molecular complexity index is 2270. The lowest BCUT2D eigenvalue weighted by Gasteiger charge is -2.32. The molecule has 1 aliphatic rings. The molecule has 2 N–H and O–H groups in total. The molecule has 1 fully saturated rings. The third-order valence-corrected chi connectivity index (χ3v) is 9.15. The zero-order valence-electron chi connectivity index (χ0n) is 29.6. The zero-order chi connectivity index (χ0) is 36.2. The predicted octanol–water partition coefficient (Wildman–Crippen LogP) is 4.87. The Morgan fingerprint density at radius 3 is 2.58 bits per heavy atom. The predicted molar refractivity (Wildman–Crippen MR) is 198 cm³/mol. The van der Waals surface area contributed by atoms with Crippen molar-refractivity contribution < 1.29 is 19.4 Å². The molecule has 1 aliphatic heterocycles. The Labute approximate surface area is 301 Å². The first kappa shape index (κ1) is 34.7. The summed E-state index contributed by atoms with van der Waals surface area (Å²) >= 11 is 0. The number of H-pyrrole nitrogens is 1. The molecule has 6 aromatic rings. The summed E-state index contributed by atoms with van der Waals surface area (Å²) in [5.41, 5.74) is 5.20. The van der Waals surface area contributed by atoms with E-state index in [9.17, 15) is 14.7 Å². The fraction of sp³-hybridized carbons (Fsp3) is 0.275. The van der Waals surface area contributed by atoms with Crippen molar-refractivity contribution in [3.05, 3.63) is 125 Å². The van der Waals surface area contributed by atoms with Crippen LogP contribution in [0.5, 0.6) is 5.75 Å². The molecule has 3 aromatic heterocycles. The monoisotopic (exact) mass is 698 g/mol. The van der Waals surface area contributed by atoms with E-state index in [0.29, 0.717) is 46.0 Å². The number of imidazole rings is 1. The number of benzene rings is 3. The number of carbonyl (C=O) groups is 2. The lowest BCUT2D eigenvalue weighted by molar-refractivity contribution is 0.0612. The average molecular weight is 699 g/mol. The molecular formula is C40H42N8O4. The summed E-state index contributed by atoms with van der Waals surface area (Å²) in [6, 6.07) is 24.6. The summed E-state index contributed by atoms with van der Waals surface area (Å²) in [6.45, 7) is 8.93. The fourth-order valence-electron chi connectivity index (χ4n) is 6.41. The van der Waals surface area contributed by atoms with Crippen LogP contribution in [0, 0.1) is 0 Å². The Kier molecular flexibility index (Phi) is 9.95. The van der Waals surface area contributed by atoms with Crippen LogP contribution in [0.4, 0.5) is 0 Å². The number of pyridine rings is 1. The van der Waals surface area contributed by atoms with Gasteiger partial charge in [0.2, 0.25) is 5.62 Å². The van der Waals surface area contributed by atoms with Crippen molar-refractivity contribution in [1.29, 1.82) is 0 Å². The Morgan fingerprint density at radius 1 is 1.00 bits per heavy atom. The second-order valence-electron chi connectivity index (χ2n) is 13.9. The van der Waals surface area contributed by atoms with Crippen LogP contribution in [0.2, 0.25) is 0 Å². The Morgan fingerprint density at radius 2 is 1.81 bits per heavy atom. The third-order valence-electron chi connectivity index (χ3n) is 9.15. The van der Waals surface area contributed by atoms with Crippen LogP contribution in [0.3, 0.4) is 0 Å². The maximum Gasteiger partial charge on any atom is 0.280 e. The van der Waals surface area contributed by atoms with Gasteiger partial charge in [0.1, 0.15) is 12.4 Å². The van der Waals surface area contributed by atoms with Crippen molar-refractivity contribution in [3.8, 4) is 22.7 Å². The van der Waals surface area contributed by atoms with Gasteiger partial charge in [0.15, 0.2) is 12.1 Å². The Hall–Kier alpha value is -5.69. The molecule has 3 aromatic carbocycles. The van der Waals surface area contributed by atoms with Gasteiger partial charge in [-0.05, 0) is 67.9 Å². The largest absolute Gasteiger partial charge is 0.488 e. The van der Waals surface area contributed by atoms with Gasteiger partial charge in [-0.3, -0.25) is 14.5 Å². The minimum absolute atomic E-state index is 0.232. The number of rotatable bonds is 11. The molecular weight excluding hydrogens is 656 g/mol. The summed E-state index contributed by atoms with van der Waals surface area (Å²) in [4.78, 5) is 42.9. The minimum atomic E-state index is -1.06. The highest BCUT2D eigenvalue weighted by Gasteiger charge is 2.20. The number of hydrogen-bond donors (Lipinski definition) is 2. The van der Waals surface area contributed by atoms with Crippen LogP contribution in [0.1, 0.15) is 45.7 Å². The summed E-state index contributed by atoms with van der Waals surface area (Å²) in [5.74, 6) is 0.406. The van der Waals surface area contributed by atoms with Crippen LogP contribution < -0.4 is 10.4 Å². The van der Waals surface area contributed by atoms with E-state index in [0.717, 1.165) is 61.2 Å². The quantitative estimate of drug-likeness (QED) is 0.183. The summed E-state index contributed by atoms with van der Waals surface area (Å²) in [7, 11) is 2.14. The SMILES string of the molecule is CN1CCN(Cc2ccc3[nH]/c(=N\C(=O)c4ccnc(-n5cc(-c6cccc(OCc7ccccc7)c6C=O)cn5)c4)n(CC(C)(C)O)c3c2)CC1. The van der Waals surface area contributed by atoms with E-state index in [4.69, 9.17) is 4.74 Å². The maximum atomic E-state index is 13.7. The highest BCUT2D eigenvalue weighted by Crippen LogP contribution is 2.30. The number of fused-ring (bicyclic) bond motifs is 1. The van der Waals surface area contributed by atoms with Gasteiger partial charge in [-0.15, -0.1) is 0 Å². The molecule has 0 atom stereocenters. The van der Waals surface area contributed by atoms with Crippen LogP contribution in [-0.2, 0) is 19.7 Å². The third kappa shape index (κ3) is 7.94. The van der Waals surface area contributed by atoms with E-state index >= 15 is 0 Å². The zero-order valence-corrected chi connectivity index (χ0v) is 29.6.